The van der Waals surface area contributed by atoms with Crippen molar-refractivity contribution in [1.29, 1.82) is 0 Å². The summed E-state index contributed by atoms with van der Waals surface area (Å²) in [4.78, 5) is 35.4. The van der Waals surface area contributed by atoms with Gasteiger partial charge in [-0.05, 0) is 24.3 Å². The standard InChI is InChI=1S/C16H16N2O4/c1-22-13-6-4-12(5-7-13)3-2-10-17-14(19)11-18-15(20)8-9-16(18)21/h4-7H,8-11H2,1H3,(H,17,19). The van der Waals surface area contributed by atoms with Gasteiger partial charge in [-0.3, -0.25) is 19.3 Å². The van der Waals surface area contributed by atoms with Crippen molar-refractivity contribution in [2.45, 2.75) is 12.8 Å². The molecule has 6 nitrogen and oxygen atoms in total. The van der Waals surface area contributed by atoms with Crippen molar-refractivity contribution in [3.63, 3.8) is 0 Å². The lowest BCUT2D eigenvalue weighted by molar-refractivity contribution is -0.142. The number of hydrogen-bond donors (Lipinski definition) is 1. The lowest BCUT2D eigenvalue weighted by atomic mass is 10.2. The first-order valence-electron chi connectivity index (χ1n) is 6.83. The molecule has 0 spiro atoms. The first-order valence-corrected chi connectivity index (χ1v) is 6.83. The second-order valence-corrected chi connectivity index (χ2v) is 4.68. The van der Waals surface area contributed by atoms with E-state index >= 15 is 0 Å². The number of likely N-dealkylation sites (tertiary alicyclic amines) is 1. The number of carbonyl (C=O) groups is 3. The maximum absolute atomic E-state index is 11.6. The Labute approximate surface area is 128 Å². The molecule has 114 valence electrons. The van der Waals surface area contributed by atoms with E-state index in [1.165, 1.54) is 0 Å². The van der Waals surface area contributed by atoms with E-state index in [-0.39, 0.29) is 37.7 Å². The van der Waals surface area contributed by atoms with Gasteiger partial charge in [-0.2, -0.15) is 0 Å². The highest BCUT2D eigenvalue weighted by Gasteiger charge is 2.30. The average Bonchev–Trinajstić information content (AvgIpc) is 2.84. The third-order valence-electron chi connectivity index (χ3n) is 3.15. The van der Waals surface area contributed by atoms with Crippen LogP contribution in [-0.4, -0.2) is 42.8 Å². The van der Waals surface area contributed by atoms with E-state index in [1.807, 2.05) is 12.1 Å². The highest BCUT2D eigenvalue weighted by Crippen LogP contribution is 2.11. The molecule has 22 heavy (non-hydrogen) atoms. The molecule has 0 atom stereocenters. The maximum atomic E-state index is 11.6. The van der Waals surface area contributed by atoms with Crippen molar-refractivity contribution in [3.05, 3.63) is 29.8 Å². The molecule has 1 saturated heterocycles. The molecule has 1 fully saturated rings. The molecule has 2 rings (SSSR count). The van der Waals surface area contributed by atoms with Crippen molar-refractivity contribution in [2.24, 2.45) is 0 Å². The minimum Gasteiger partial charge on any atom is -0.497 e. The molecule has 1 aromatic rings. The number of carbonyl (C=O) groups excluding carboxylic acids is 3. The Balaban J connectivity index is 1.78. The van der Waals surface area contributed by atoms with Gasteiger partial charge in [0.2, 0.25) is 17.7 Å². The van der Waals surface area contributed by atoms with E-state index in [9.17, 15) is 14.4 Å². The summed E-state index contributed by atoms with van der Waals surface area (Å²) >= 11 is 0. The van der Waals surface area contributed by atoms with Crippen molar-refractivity contribution >= 4 is 17.7 Å². The van der Waals surface area contributed by atoms with Gasteiger partial charge >= 0.3 is 0 Å². The van der Waals surface area contributed by atoms with Crippen molar-refractivity contribution in [1.82, 2.24) is 10.2 Å². The molecule has 1 N–H and O–H groups in total. The summed E-state index contributed by atoms with van der Waals surface area (Å²) in [6, 6.07) is 7.23. The first-order chi connectivity index (χ1) is 10.6. The number of imide groups is 1. The largest absolute Gasteiger partial charge is 0.497 e. The van der Waals surface area contributed by atoms with E-state index < -0.39 is 5.91 Å². The lowest BCUT2D eigenvalue weighted by Gasteiger charge is -2.12. The fourth-order valence-corrected chi connectivity index (χ4v) is 1.96. The third kappa shape index (κ3) is 4.09. The van der Waals surface area contributed by atoms with Crippen LogP contribution < -0.4 is 10.1 Å². The predicted octanol–water partition coefficient (Wildman–Crippen LogP) is 0.312. The number of rotatable bonds is 4. The van der Waals surface area contributed by atoms with Crippen LogP contribution in [0, 0.1) is 11.8 Å². The van der Waals surface area contributed by atoms with Crippen LogP contribution >= 0.6 is 0 Å². The maximum Gasteiger partial charge on any atom is 0.240 e. The second kappa shape index (κ2) is 7.27. The molecule has 1 aromatic carbocycles. The van der Waals surface area contributed by atoms with Crippen LogP contribution in [0.3, 0.4) is 0 Å². The lowest BCUT2D eigenvalue weighted by Crippen LogP contribution is -2.40. The minimum absolute atomic E-state index is 0.154. The number of hydrogen-bond acceptors (Lipinski definition) is 4. The van der Waals surface area contributed by atoms with E-state index in [2.05, 4.69) is 17.2 Å². The molecule has 0 saturated carbocycles. The number of nitrogens with one attached hydrogen (secondary N) is 1. The number of benzene rings is 1. The van der Waals surface area contributed by atoms with Crippen LogP contribution in [0.2, 0.25) is 0 Å². The molecular weight excluding hydrogens is 284 g/mol. The van der Waals surface area contributed by atoms with E-state index in [1.54, 1.807) is 19.2 Å². The topological polar surface area (TPSA) is 75.7 Å². The first kappa shape index (κ1) is 15.6. The smallest absolute Gasteiger partial charge is 0.240 e. The van der Waals surface area contributed by atoms with E-state index in [4.69, 9.17) is 4.74 Å². The molecule has 1 heterocycles. The number of methoxy groups -OCH3 is 1. The molecule has 0 aromatic heterocycles. The summed E-state index contributed by atoms with van der Waals surface area (Å²) in [5.41, 5.74) is 0.806. The van der Waals surface area contributed by atoms with Gasteiger partial charge in [0.25, 0.3) is 0 Å². The zero-order valence-corrected chi connectivity index (χ0v) is 12.2. The minimum atomic E-state index is -0.396. The van der Waals surface area contributed by atoms with Crippen molar-refractivity contribution in [3.8, 4) is 17.6 Å². The second-order valence-electron chi connectivity index (χ2n) is 4.68. The van der Waals surface area contributed by atoms with Crippen molar-refractivity contribution < 1.29 is 19.1 Å². The quantitative estimate of drug-likeness (QED) is 0.641. The average molecular weight is 300 g/mol. The molecule has 0 bridgehead atoms. The zero-order valence-electron chi connectivity index (χ0n) is 12.2. The number of nitrogens with zero attached hydrogens (tertiary/aromatic N) is 1. The fourth-order valence-electron chi connectivity index (χ4n) is 1.96. The van der Waals surface area contributed by atoms with Gasteiger partial charge < -0.3 is 10.1 Å². The summed E-state index contributed by atoms with van der Waals surface area (Å²) in [6.07, 6.45) is 0.368. The molecule has 6 heteroatoms. The zero-order chi connectivity index (χ0) is 15.9. The van der Waals surface area contributed by atoms with Crippen LogP contribution in [0.25, 0.3) is 0 Å². The van der Waals surface area contributed by atoms with Gasteiger partial charge in [0.05, 0.1) is 13.7 Å². The van der Waals surface area contributed by atoms with Gasteiger partial charge in [0.1, 0.15) is 12.3 Å². The van der Waals surface area contributed by atoms with Crippen molar-refractivity contribution in [2.75, 3.05) is 20.2 Å². The summed E-state index contributed by atoms with van der Waals surface area (Å²) in [7, 11) is 1.59. The highest BCUT2D eigenvalue weighted by molar-refractivity contribution is 6.04. The summed E-state index contributed by atoms with van der Waals surface area (Å²) in [5.74, 6) is 5.45. The van der Waals surface area contributed by atoms with Gasteiger partial charge in [-0.15, -0.1) is 0 Å². The molecule has 1 aliphatic rings. The predicted molar refractivity (Wildman–Crippen MR) is 78.8 cm³/mol. The Morgan fingerprint density at radius 3 is 2.45 bits per heavy atom. The fraction of sp³-hybridized carbons (Fsp3) is 0.312. The van der Waals surface area contributed by atoms with Crippen LogP contribution in [0.5, 0.6) is 5.75 Å². The van der Waals surface area contributed by atoms with Crippen LogP contribution in [-0.2, 0) is 14.4 Å². The monoisotopic (exact) mass is 300 g/mol. The Hall–Kier alpha value is -2.81. The normalized spacial score (nSPS) is 13.6. The Morgan fingerprint density at radius 1 is 1.23 bits per heavy atom. The van der Waals surface area contributed by atoms with Gasteiger partial charge in [0.15, 0.2) is 0 Å². The van der Waals surface area contributed by atoms with Crippen LogP contribution in [0.1, 0.15) is 18.4 Å². The van der Waals surface area contributed by atoms with Gasteiger partial charge in [-0.25, -0.2) is 0 Å². The number of ether oxygens (including phenoxy) is 1. The SMILES string of the molecule is COc1ccc(C#CCNC(=O)CN2C(=O)CCC2=O)cc1. The van der Waals surface area contributed by atoms with Crippen LogP contribution in [0.15, 0.2) is 24.3 Å². The Kier molecular flexibility index (Phi) is 5.15. The molecule has 0 unspecified atom stereocenters. The summed E-state index contributed by atoms with van der Waals surface area (Å²) in [6.45, 7) is -0.0804. The Bertz CT molecular complexity index is 624. The number of amides is 3. The van der Waals surface area contributed by atoms with E-state index in [0.717, 1.165) is 16.2 Å². The summed E-state index contributed by atoms with van der Waals surface area (Å²) in [5, 5.41) is 2.56. The van der Waals surface area contributed by atoms with E-state index in [0.29, 0.717) is 0 Å². The molecule has 3 amide bonds. The highest BCUT2D eigenvalue weighted by atomic mass is 16.5. The molecule has 0 radical (unpaired) electrons. The molecule has 0 aliphatic carbocycles. The third-order valence-corrected chi connectivity index (χ3v) is 3.15. The van der Waals surface area contributed by atoms with Crippen LogP contribution in [0.4, 0.5) is 0 Å². The molecular formula is C16H16N2O4. The summed E-state index contributed by atoms with van der Waals surface area (Å²) < 4.78 is 5.04. The Morgan fingerprint density at radius 2 is 1.86 bits per heavy atom. The van der Waals surface area contributed by atoms with Gasteiger partial charge in [-0.1, -0.05) is 11.8 Å². The van der Waals surface area contributed by atoms with Gasteiger partial charge in [0, 0.05) is 18.4 Å². The molecule has 1 aliphatic heterocycles.